The van der Waals surface area contributed by atoms with Gasteiger partial charge in [-0.1, -0.05) is 11.6 Å². The van der Waals surface area contributed by atoms with Crippen molar-refractivity contribution in [1.82, 2.24) is 0 Å². The summed E-state index contributed by atoms with van der Waals surface area (Å²) in [5, 5.41) is -0.0897. The van der Waals surface area contributed by atoms with Crippen LogP contribution in [0.1, 0.15) is 10.4 Å². The van der Waals surface area contributed by atoms with E-state index in [0.717, 1.165) is 16.6 Å². The van der Waals surface area contributed by atoms with Gasteiger partial charge in [-0.2, -0.15) is 0 Å². The number of nitrogens with zero attached hydrogens (tertiary/aromatic N) is 1. The maximum absolute atomic E-state index is 13.0. The highest BCUT2D eigenvalue weighted by molar-refractivity contribution is 7.92. The topological polar surface area (TPSA) is 63.7 Å². The molecule has 2 aromatic rings. The first kappa shape index (κ1) is 18.2. The second kappa shape index (κ2) is 7.19. The summed E-state index contributed by atoms with van der Waals surface area (Å²) < 4.78 is 42.4. The zero-order chi connectivity index (χ0) is 17.9. The molecule has 0 aliphatic heterocycles. The smallest absolute Gasteiger partial charge is 0.231 e. The van der Waals surface area contributed by atoms with Crippen LogP contribution in [-0.4, -0.2) is 34.1 Å². The Labute approximate surface area is 144 Å². The minimum absolute atomic E-state index is 0.0897. The van der Waals surface area contributed by atoms with Gasteiger partial charge >= 0.3 is 0 Å². The van der Waals surface area contributed by atoms with Gasteiger partial charge in [-0.05, 0) is 36.4 Å². The van der Waals surface area contributed by atoms with Crippen molar-refractivity contribution >= 4 is 33.1 Å². The van der Waals surface area contributed by atoms with Gasteiger partial charge in [0.05, 0.1) is 17.0 Å². The number of ketones is 1. The fourth-order valence-electron chi connectivity index (χ4n) is 1.85. The molecule has 0 aromatic heterocycles. The molecule has 0 saturated heterocycles. The van der Waals surface area contributed by atoms with E-state index < -0.39 is 15.8 Å². The van der Waals surface area contributed by atoms with Crippen LogP contribution in [0.3, 0.4) is 0 Å². The third-order valence-corrected chi connectivity index (χ3v) is 4.81. The number of anilines is 1. The lowest BCUT2D eigenvalue weighted by molar-refractivity contribution is 0.0921. The molecule has 0 N–H and O–H groups in total. The molecule has 0 saturated carbocycles. The fourth-order valence-corrected chi connectivity index (χ4v) is 2.52. The van der Waals surface area contributed by atoms with Gasteiger partial charge in [-0.15, -0.1) is 0 Å². The maximum Gasteiger partial charge on any atom is 0.231 e. The Morgan fingerprint density at radius 3 is 2.38 bits per heavy atom. The van der Waals surface area contributed by atoms with Crippen molar-refractivity contribution in [2.24, 2.45) is 0 Å². The number of sulfonamides is 1. The number of Topliss-reactive ketones (excluding diaryl/α,β-unsaturated/α-hetero) is 1. The number of rotatable bonds is 6. The Bertz CT molecular complexity index is 853. The summed E-state index contributed by atoms with van der Waals surface area (Å²) >= 11 is 5.64. The van der Waals surface area contributed by atoms with Crippen LogP contribution in [0.25, 0.3) is 0 Å². The number of hydrogen-bond acceptors (Lipinski definition) is 4. The van der Waals surface area contributed by atoms with Crippen molar-refractivity contribution < 1.29 is 22.3 Å². The predicted molar refractivity (Wildman–Crippen MR) is 90.9 cm³/mol. The maximum atomic E-state index is 13.0. The zero-order valence-corrected chi connectivity index (χ0v) is 14.6. The summed E-state index contributed by atoms with van der Waals surface area (Å²) in [6.45, 7) is -0.247. The van der Waals surface area contributed by atoms with Crippen LogP contribution in [0.4, 0.5) is 10.1 Å². The van der Waals surface area contributed by atoms with Crippen LogP contribution in [0, 0.1) is 5.82 Å². The van der Waals surface area contributed by atoms with Crippen LogP contribution in [0.2, 0.25) is 5.02 Å². The molecule has 0 aliphatic rings. The molecule has 128 valence electrons. The lowest BCUT2D eigenvalue weighted by Gasteiger charge is -2.16. The normalized spacial score (nSPS) is 11.2. The van der Waals surface area contributed by atoms with Gasteiger partial charge in [-0.25, -0.2) is 12.8 Å². The number of carbonyl (C=O) groups excluding carboxylic acids is 1. The minimum atomic E-state index is -3.36. The lowest BCUT2D eigenvalue weighted by Crippen LogP contribution is -2.24. The van der Waals surface area contributed by atoms with E-state index in [2.05, 4.69) is 0 Å². The van der Waals surface area contributed by atoms with E-state index in [0.29, 0.717) is 11.3 Å². The molecule has 0 amide bonds. The summed E-state index contributed by atoms with van der Waals surface area (Å²) in [4.78, 5) is 12.1. The molecule has 0 aliphatic carbocycles. The van der Waals surface area contributed by atoms with Crippen molar-refractivity contribution in [2.45, 2.75) is 0 Å². The van der Waals surface area contributed by atoms with Gasteiger partial charge in [0.15, 0.2) is 12.4 Å². The highest BCUT2D eigenvalue weighted by Crippen LogP contribution is 2.21. The summed E-state index contributed by atoms with van der Waals surface area (Å²) in [5.41, 5.74) is 0.814. The summed E-state index contributed by atoms with van der Waals surface area (Å²) in [6.07, 6.45) is 1.09. The Morgan fingerprint density at radius 2 is 1.83 bits per heavy atom. The molecule has 0 bridgehead atoms. The first-order valence-electron chi connectivity index (χ1n) is 6.83. The Balaban J connectivity index is 2.03. The summed E-state index contributed by atoms with van der Waals surface area (Å²) in [6, 6.07) is 9.90. The monoisotopic (exact) mass is 371 g/mol. The third-order valence-electron chi connectivity index (χ3n) is 3.31. The summed E-state index contributed by atoms with van der Waals surface area (Å²) in [7, 11) is -1.94. The van der Waals surface area contributed by atoms with E-state index in [1.54, 1.807) is 0 Å². The second-order valence-electron chi connectivity index (χ2n) is 5.07. The number of halogens is 2. The third kappa shape index (κ3) is 4.46. The van der Waals surface area contributed by atoms with Crippen LogP contribution < -0.4 is 9.04 Å². The van der Waals surface area contributed by atoms with Crippen molar-refractivity contribution in [2.75, 3.05) is 24.2 Å². The van der Waals surface area contributed by atoms with E-state index in [-0.39, 0.29) is 23.2 Å². The average molecular weight is 372 g/mol. The molecule has 0 unspecified atom stereocenters. The van der Waals surface area contributed by atoms with E-state index >= 15 is 0 Å². The number of benzene rings is 2. The van der Waals surface area contributed by atoms with Gasteiger partial charge in [0.2, 0.25) is 10.0 Å². The molecule has 0 radical (unpaired) electrons. The van der Waals surface area contributed by atoms with Crippen molar-refractivity contribution in [3.8, 4) is 5.75 Å². The van der Waals surface area contributed by atoms with E-state index in [4.69, 9.17) is 16.3 Å². The number of ether oxygens (including phenoxy) is 1. The zero-order valence-electron chi connectivity index (χ0n) is 13.0. The lowest BCUT2D eigenvalue weighted by atomic mass is 10.1. The van der Waals surface area contributed by atoms with E-state index in [1.807, 2.05) is 0 Å². The quantitative estimate of drug-likeness (QED) is 0.732. The van der Waals surface area contributed by atoms with E-state index in [1.165, 1.54) is 43.4 Å². The van der Waals surface area contributed by atoms with Gasteiger partial charge in [0, 0.05) is 18.7 Å². The highest BCUT2D eigenvalue weighted by Gasteiger charge is 2.13. The van der Waals surface area contributed by atoms with E-state index in [9.17, 15) is 17.6 Å². The Kier molecular flexibility index (Phi) is 5.46. The molecule has 8 heteroatoms. The first-order chi connectivity index (χ1) is 11.2. The molecule has 2 rings (SSSR count). The summed E-state index contributed by atoms with van der Waals surface area (Å²) in [5.74, 6) is -0.590. The van der Waals surface area contributed by atoms with Gasteiger partial charge < -0.3 is 4.74 Å². The number of carbonyl (C=O) groups is 1. The second-order valence-corrected chi connectivity index (χ2v) is 7.49. The minimum Gasteiger partial charge on any atom is -0.485 e. The fraction of sp³-hybridized carbons (Fsp3) is 0.188. The molecule has 0 atom stereocenters. The standard InChI is InChI=1S/C16H15ClFNO4S/c1-19(24(2,21)22)12-5-3-11(4-6-12)16(20)10-23-13-7-8-15(18)14(17)9-13/h3-9H,10H2,1-2H3. The van der Waals surface area contributed by atoms with Gasteiger partial charge in [0.1, 0.15) is 11.6 Å². The SMILES string of the molecule is CN(c1ccc(C(=O)COc2ccc(F)c(Cl)c2)cc1)S(C)(=O)=O. The Hall–Kier alpha value is -2.12. The Morgan fingerprint density at radius 1 is 1.21 bits per heavy atom. The molecule has 0 spiro atoms. The van der Waals surface area contributed by atoms with Gasteiger partial charge in [-0.3, -0.25) is 9.10 Å². The molecule has 24 heavy (non-hydrogen) atoms. The first-order valence-corrected chi connectivity index (χ1v) is 9.06. The van der Waals surface area contributed by atoms with Gasteiger partial charge in [0.25, 0.3) is 0 Å². The molecular weight excluding hydrogens is 357 g/mol. The molecule has 5 nitrogen and oxygen atoms in total. The average Bonchev–Trinajstić information content (AvgIpc) is 2.54. The van der Waals surface area contributed by atoms with Crippen molar-refractivity contribution in [1.29, 1.82) is 0 Å². The largest absolute Gasteiger partial charge is 0.485 e. The molecule has 2 aromatic carbocycles. The number of hydrogen-bond donors (Lipinski definition) is 0. The van der Waals surface area contributed by atoms with Crippen LogP contribution in [0.5, 0.6) is 5.75 Å². The van der Waals surface area contributed by atoms with Crippen LogP contribution in [0.15, 0.2) is 42.5 Å². The molecule has 0 fully saturated rings. The van der Waals surface area contributed by atoms with Crippen LogP contribution in [-0.2, 0) is 10.0 Å². The predicted octanol–water partition coefficient (Wildman–Crippen LogP) is 3.14. The molecular formula is C16H15ClFNO4S. The molecule has 0 heterocycles. The van der Waals surface area contributed by atoms with Crippen molar-refractivity contribution in [3.63, 3.8) is 0 Å². The highest BCUT2D eigenvalue weighted by atomic mass is 35.5. The van der Waals surface area contributed by atoms with Crippen molar-refractivity contribution in [3.05, 3.63) is 58.9 Å². The van der Waals surface area contributed by atoms with Crippen LogP contribution >= 0.6 is 11.6 Å².